The van der Waals surface area contributed by atoms with Crippen molar-refractivity contribution in [3.8, 4) is 5.75 Å². The summed E-state index contributed by atoms with van der Waals surface area (Å²) in [6, 6.07) is 14.7. The number of amides is 1. The second kappa shape index (κ2) is 9.86. The molecule has 0 aliphatic carbocycles. The van der Waals surface area contributed by atoms with Crippen LogP contribution in [0.1, 0.15) is 18.4 Å². The number of rotatable bonds is 9. The second-order valence-electron chi connectivity index (χ2n) is 6.80. The molecule has 0 spiro atoms. The number of methoxy groups -OCH3 is 1. The quantitative estimate of drug-likeness (QED) is 0.471. The third-order valence-corrected chi connectivity index (χ3v) is 7.22. The van der Waals surface area contributed by atoms with Gasteiger partial charge < -0.3 is 9.30 Å². The molecule has 158 valence electrons. The smallest absolute Gasteiger partial charge is 0.248 e. The molecule has 1 aromatic heterocycles. The Morgan fingerprint density at radius 2 is 2.00 bits per heavy atom. The Morgan fingerprint density at radius 1 is 1.23 bits per heavy atom. The van der Waals surface area contributed by atoms with Gasteiger partial charge in [-0.3, -0.25) is 4.79 Å². The highest BCUT2D eigenvalue weighted by molar-refractivity contribution is 7.90. The highest BCUT2D eigenvalue weighted by Gasteiger charge is 2.13. The monoisotopic (exact) mass is 444 g/mol. The van der Waals surface area contributed by atoms with Crippen LogP contribution in [-0.2, 0) is 26.9 Å². The summed E-state index contributed by atoms with van der Waals surface area (Å²) < 4.78 is 32.7. The predicted octanol–water partition coefficient (Wildman–Crippen LogP) is 3.72. The van der Waals surface area contributed by atoms with E-state index < -0.39 is 9.84 Å². The Balaban J connectivity index is 1.70. The Bertz CT molecular complexity index is 1210. The topological polar surface area (TPSA) is 77.7 Å². The van der Waals surface area contributed by atoms with Crippen LogP contribution in [0, 0.1) is 0 Å². The number of hydrogen-bond acceptors (Lipinski definition) is 5. The number of nitrogens with zero attached hydrogens (tertiary/aromatic N) is 2. The van der Waals surface area contributed by atoms with Gasteiger partial charge in [0.1, 0.15) is 5.75 Å². The first-order valence-corrected chi connectivity index (χ1v) is 12.2. The Kier molecular flexibility index (Phi) is 7.23. The van der Waals surface area contributed by atoms with Crippen LogP contribution in [-0.4, -0.2) is 31.8 Å². The summed E-state index contributed by atoms with van der Waals surface area (Å²) >= 11 is 1.39. The van der Waals surface area contributed by atoms with Crippen LogP contribution in [0.5, 0.6) is 5.75 Å². The van der Waals surface area contributed by atoms with Gasteiger partial charge in [0.05, 0.1) is 28.8 Å². The molecule has 3 rings (SSSR count). The molecule has 0 aliphatic heterocycles. The third kappa shape index (κ3) is 5.67. The van der Waals surface area contributed by atoms with Crippen LogP contribution in [0.15, 0.2) is 66.2 Å². The van der Waals surface area contributed by atoms with Crippen molar-refractivity contribution < 1.29 is 17.9 Å². The molecule has 1 amide bonds. The molecule has 0 radical (unpaired) electrons. The van der Waals surface area contributed by atoms with Crippen LogP contribution in [0.25, 0.3) is 10.2 Å². The van der Waals surface area contributed by atoms with Gasteiger partial charge >= 0.3 is 0 Å². The fraction of sp³-hybridized carbons (Fsp3) is 0.273. The molecule has 0 N–H and O–H groups in total. The van der Waals surface area contributed by atoms with E-state index in [0.717, 1.165) is 21.5 Å². The molecule has 2 aromatic carbocycles. The van der Waals surface area contributed by atoms with Crippen molar-refractivity contribution >= 4 is 37.3 Å². The summed E-state index contributed by atoms with van der Waals surface area (Å²) in [5, 5.41) is 0. The number of thiazole rings is 1. The minimum absolute atomic E-state index is 0.0172. The van der Waals surface area contributed by atoms with Crippen LogP contribution in [0.3, 0.4) is 0 Å². The van der Waals surface area contributed by atoms with Crippen molar-refractivity contribution in [2.24, 2.45) is 4.99 Å². The Labute approximate surface area is 180 Å². The van der Waals surface area contributed by atoms with Crippen LogP contribution >= 0.6 is 11.3 Å². The fourth-order valence-corrected chi connectivity index (χ4v) is 5.59. The molecule has 3 aromatic rings. The molecule has 0 unspecified atom stereocenters. The van der Waals surface area contributed by atoms with E-state index in [0.29, 0.717) is 11.3 Å². The van der Waals surface area contributed by atoms with E-state index >= 15 is 0 Å². The van der Waals surface area contributed by atoms with E-state index in [9.17, 15) is 13.2 Å². The average Bonchev–Trinajstić information content (AvgIpc) is 3.04. The van der Waals surface area contributed by atoms with Crippen molar-refractivity contribution in [1.29, 1.82) is 0 Å². The first-order chi connectivity index (χ1) is 14.4. The lowest BCUT2D eigenvalue weighted by Crippen LogP contribution is -2.16. The van der Waals surface area contributed by atoms with Gasteiger partial charge in [0.25, 0.3) is 0 Å². The number of fused-ring (bicyclic) bond motifs is 1. The zero-order valence-electron chi connectivity index (χ0n) is 16.8. The Hall–Kier alpha value is -2.71. The van der Waals surface area contributed by atoms with Gasteiger partial charge in [-0.05, 0) is 30.2 Å². The highest BCUT2D eigenvalue weighted by atomic mass is 32.2. The van der Waals surface area contributed by atoms with Gasteiger partial charge in [-0.15, -0.1) is 6.58 Å². The molecule has 1 heterocycles. The summed E-state index contributed by atoms with van der Waals surface area (Å²) in [5.41, 5.74) is 1.69. The predicted molar refractivity (Wildman–Crippen MR) is 120 cm³/mol. The highest BCUT2D eigenvalue weighted by Crippen LogP contribution is 2.23. The molecule has 0 aliphatic rings. The number of ether oxygens (including phenoxy) is 1. The van der Waals surface area contributed by atoms with E-state index in [1.165, 1.54) is 11.3 Å². The van der Waals surface area contributed by atoms with Gasteiger partial charge in [-0.1, -0.05) is 47.7 Å². The first-order valence-electron chi connectivity index (χ1n) is 9.52. The molecule has 0 fully saturated rings. The second-order valence-corrected chi connectivity index (χ2v) is 10.00. The number of carbonyl (C=O) groups excluding carboxylic acids is 1. The SMILES string of the molecule is C=CCn1c(=NC(=O)CCCS(=O)(=O)Cc2ccccc2)sc2cc(OC)ccc21. The fourth-order valence-electron chi connectivity index (χ4n) is 3.08. The van der Waals surface area contributed by atoms with Crippen molar-refractivity contribution in [2.45, 2.75) is 25.1 Å². The molecule has 0 bridgehead atoms. The minimum atomic E-state index is -3.27. The normalized spacial score (nSPS) is 12.2. The van der Waals surface area contributed by atoms with E-state index in [4.69, 9.17) is 4.74 Å². The molecule has 0 saturated carbocycles. The van der Waals surface area contributed by atoms with Gasteiger partial charge in [-0.25, -0.2) is 8.42 Å². The van der Waals surface area contributed by atoms with E-state index in [2.05, 4.69) is 11.6 Å². The van der Waals surface area contributed by atoms with E-state index in [1.807, 2.05) is 41.0 Å². The van der Waals surface area contributed by atoms with Gasteiger partial charge in [0, 0.05) is 13.0 Å². The zero-order valence-corrected chi connectivity index (χ0v) is 18.4. The van der Waals surface area contributed by atoms with Crippen molar-refractivity contribution in [1.82, 2.24) is 4.57 Å². The van der Waals surface area contributed by atoms with E-state index in [-0.39, 0.29) is 30.3 Å². The van der Waals surface area contributed by atoms with Gasteiger partial charge in [0.15, 0.2) is 14.6 Å². The van der Waals surface area contributed by atoms with Crippen molar-refractivity contribution in [3.05, 3.63) is 71.6 Å². The zero-order chi connectivity index (χ0) is 21.6. The van der Waals surface area contributed by atoms with Crippen LogP contribution in [0.4, 0.5) is 0 Å². The number of sulfone groups is 1. The molecule has 8 heteroatoms. The van der Waals surface area contributed by atoms with E-state index in [1.54, 1.807) is 25.3 Å². The van der Waals surface area contributed by atoms with Gasteiger partial charge in [-0.2, -0.15) is 4.99 Å². The standard InChI is InChI=1S/C22H24N2O4S2/c1-3-13-24-19-12-11-18(28-2)15-20(19)29-22(24)23-21(25)10-7-14-30(26,27)16-17-8-5-4-6-9-17/h3-6,8-9,11-12,15H,1,7,10,13-14,16H2,2H3. The maximum Gasteiger partial charge on any atom is 0.248 e. The number of aromatic nitrogens is 1. The largest absolute Gasteiger partial charge is 0.497 e. The first kappa shape index (κ1) is 22.0. The summed E-state index contributed by atoms with van der Waals surface area (Å²) in [6.45, 7) is 4.29. The third-order valence-electron chi connectivity index (χ3n) is 4.50. The summed E-state index contributed by atoms with van der Waals surface area (Å²) in [6.07, 6.45) is 2.08. The number of allylic oxidation sites excluding steroid dienone is 1. The molecule has 0 saturated heterocycles. The Morgan fingerprint density at radius 3 is 2.70 bits per heavy atom. The van der Waals surface area contributed by atoms with Crippen molar-refractivity contribution in [2.75, 3.05) is 12.9 Å². The van der Waals surface area contributed by atoms with Crippen molar-refractivity contribution in [3.63, 3.8) is 0 Å². The van der Waals surface area contributed by atoms with Gasteiger partial charge in [0.2, 0.25) is 5.91 Å². The lowest BCUT2D eigenvalue weighted by molar-refractivity contribution is -0.118. The summed E-state index contributed by atoms with van der Waals surface area (Å²) in [4.78, 5) is 17.2. The molecule has 0 atom stereocenters. The molecule has 6 nitrogen and oxygen atoms in total. The molecule has 30 heavy (non-hydrogen) atoms. The maximum absolute atomic E-state index is 12.4. The lowest BCUT2D eigenvalue weighted by atomic mass is 10.2. The molecular weight excluding hydrogens is 420 g/mol. The van der Waals surface area contributed by atoms with Crippen LogP contribution in [0.2, 0.25) is 0 Å². The lowest BCUT2D eigenvalue weighted by Gasteiger charge is -2.04. The number of hydrogen-bond donors (Lipinski definition) is 0. The summed E-state index contributed by atoms with van der Waals surface area (Å²) in [5.74, 6) is 0.341. The summed E-state index contributed by atoms with van der Waals surface area (Å²) in [7, 11) is -1.67. The van der Waals surface area contributed by atoms with Crippen LogP contribution < -0.4 is 9.54 Å². The number of carbonyl (C=O) groups is 1. The minimum Gasteiger partial charge on any atom is -0.497 e. The average molecular weight is 445 g/mol. The molecular formula is C22H24N2O4S2. The maximum atomic E-state index is 12.4. The number of benzene rings is 2.